The van der Waals surface area contributed by atoms with Crippen LogP contribution in [0.25, 0.3) is 0 Å². The molecule has 0 bridgehead atoms. The maximum atomic E-state index is 8.85. The van der Waals surface area contributed by atoms with Gasteiger partial charge < -0.3 is 13.3 Å². The number of hydrogen-bond acceptors (Lipinski definition) is 3. The fourth-order valence-corrected chi connectivity index (χ4v) is 12.2. The first-order valence-corrected chi connectivity index (χ1v) is 17.0. The Morgan fingerprint density at radius 2 is 1.50 bits per heavy atom. The van der Waals surface area contributed by atoms with E-state index in [1.54, 1.807) is 0 Å². The van der Waals surface area contributed by atoms with Crippen molar-refractivity contribution in [1.29, 1.82) is 0 Å². The molecule has 0 radical (unpaired) electrons. The largest absolute Gasteiger partial charge is 0.461 e. The van der Waals surface area contributed by atoms with E-state index in [4.69, 9.17) is 13.3 Å². The summed E-state index contributed by atoms with van der Waals surface area (Å²) >= 11 is 0. The van der Waals surface area contributed by atoms with Crippen molar-refractivity contribution in [2.24, 2.45) is 0 Å². The Morgan fingerprint density at radius 1 is 0.944 bits per heavy atom. The summed E-state index contributed by atoms with van der Waals surface area (Å²) in [6, 6.07) is 3.69. The highest BCUT2D eigenvalue weighted by atomic mass is 28.4. The minimum absolute atomic E-state index is 0.237. The predicted octanol–water partition coefficient (Wildman–Crippen LogP) is 1.84. The molecule has 0 aromatic rings. The van der Waals surface area contributed by atoms with Gasteiger partial charge in [-0.25, -0.2) is 0 Å². The van der Waals surface area contributed by atoms with Gasteiger partial charge in [-0.1, -0.05) is 13.0 Å². The van der Waals surface area contributed by atoms with Crippen LogP contribution in [0.3, 0.4) is 0 Å². The first-order chi connectivity index (χ1) is 8.33. The Morgan fingerprint density at radius 3 is 2.06 bits per heavy atom. The zero-order valence-corrected chi connectivity index (χ0v) is 17.7. The molecule has 3 nitrogen and oxygen atoms in total. The molecule has 0 atom stereocenters. The van der Waals surface area contributed by atoms with Crippen molar-refractivity contribution in [3.05, 3.63) is 0 Å². The Hall–Kier alpha value is 0.748. The van der Waals surface area contributed by atoms with Gasteiger partial charge in [-0.15, -0.1) is 0 Å². The molecule has 0 saturated heterocycles. The monoisotopic (exact) mass is 324 g/mol. The van der Waals surface area contributed by atoms with Crippen molar-refractivity contribution in [2.45, 2.75) is 63.7 Å². The number of aliphatic hydroxyl groups is 1. The molecule has 0 spiro atoms. The van der Waals surface area contributed by atoms with Crippen LogP contribution in [0.5, 0.6) is 0 Å². The molecular weight excluding hydrogens is 292 g/mol. The highest BCUT2D eigenvalue weighted by Gasteiger charge is 2.22. The van der Waals surface area contributed by atoms with Crippen LogP contribution in [-0.4, -0.2) is 47.9 Å². The highest BCUT2D eigenvalue weighted by molar-refractivity contribution is 6.75. The first kappa shape index (κ1) is 18.7. The molecule has 0 aromatic carbocycles. The smallest absolute Gasteiger partial charge is 0.173 e. The minimum Gasteiger partial charge on any atom is -0.461 e. The molecule has 110 valence electrons. The Bertz CT molecular complexity index is 212. The molecule has 0 heterocycles. The molecule has 0 aliphatic heterocycles. The summed E-state index contributed by atoms with van der Waals surface area (Å²) in [5.74, 6) is 0. The lowest BCUT2D eigenvalue weighted by atomic mass is 10.5. The van der Waals surface area contributed by atoms with Crippen molar-refractivity contribution < 1.29 is 13.3 Å². The third kappa shape index (κ3) is 10.7. The van der Waals surface area contributed by atoms with Gasteiger partial charge in [-0.3, -0.25) is 0 Å². The van der Waals surface area contributed by atoms with Gasteiger partial charge in [0.05, 0.1) is 0 Å². The molecule has 0 rings (SSSR count). The van der Waals surface area contributed by atoms with Crippen LogP contribution in [0.2, 0.25) is 50.9 Å². The maximum absolute atomic E-state index is 8.85. The van der Waals surface area contributed by atoms with Crippen molar-refractivity contribution >= 4 is 36.2 Å². The molecule has 0 fully saturated rings. The molecule has 0 unspecified atom stereocenters. The van der Waals surface area contributed by atoms with Gasteiger partial charge in [0.15, 0.2) is 16.6 Å². The quantitative estimate of drug-likeness (QED) is 0.465. The van der Waals surface area contributed by atoms with E-state index in [0.29, 0.717) is 6.61 Å². The molecule has 1 N–H and O–H groups in total. The van der Waals surface area contributed by atoms with Crippen molar-refractivity contribution in [2.75, 3.05) is 6.61 Å². The lowest BCUT2D eigenvalue weighted by Crippen LogP contribution is -2.33. The summed E-state index contributed by atoms with van der Waals surface area (Å²) in [6.07, 6.45) is 2.20. The van der Waals surface area contributed by atoms with E-state index in [9.17, 15) is 0 Å². The summed E-state index contributed by atoms with van der Waals surface area (Å²) in [5.41, 5.74) is 0. The van der Waals surface area contributed by atoms with E-state index >= 15 is 0 Å². The second kappa shape index (κ2) is 9.62. The second-order valence-corrected chi connectivity index (χ2v) is 18.1. The van der Waals surface area contributed by atoms with Gasteiger partial charge in [0, 0.05) is 6.61 Å². The molecule has 0 aliphatic carbocycles. The molecule has 0 aromatic heterocycles. The summed E-state index contributed by atoms with van der Waals surface area (Å²) in [5, 5.41) is 8.85. The fourth-order valence-electron chi connectivity index (χ4n) is 2.04. The second-order valence-electron chi connectivity index (χ2n) is 6.09. The van der Waals surface area contributed by atoms with Crippen LogP contribution < -0.4 is 0 Å². The van der Waals surface area contributed by atoms with Gasteiger partial charge in [0.25, 0.3) is 0 Å². The standard InChI is InChI=1S/C11H32O3Si4/c1-15-13-17(2,3)11-7-9-16-14-18(4,5)10-6-8-12/h12H,6-11,15-16H2,1-5H3. The Kier molecular flexibility index (Phi) is 10.0. The average Bonchev–Trinajstić information content (AvgIpc) is 2.25. The summed E-state index contributed by atoms with van der Waals surface area (Å²) in [7, 11) is -3.34. The van der Waals surface area contributed by atoms with Crippen molar-refractivity contribution in [3.8, 4) is 0 Å². The average molecular weight is 325 g/mol. The molecule has 0 saturated carbocycles. The minimum atomic E-state index is -1.45. The number of rotatable bonds is 11. The summed E-state index contributed by atoms with van der Waals surface area (Å²) in [4.78, 5) is 0. The zero-order chi connectivity index (χ0) is 14.1. The van der Waals surface area contributed by atoms with E-state index in [2.05, 4.69) is 32.7 Å². The molecule has 0 aliphatic rings. The van der Waals surface area contributed by atoms with Crippen LogP contribution in [-0.2, 0) is 8.23 Å². The van der Waals surface area contributed by atoms with Gasteiger partial charge in [-0.05, 0) is 50.7 Å². The van der Waals surface area contributed by atoms with Crippen LogP contribution in [0.15, 0.2) is 0 Å². The SMILES string of the molecule is C[SiH2]O[Si](C)(C)CCC[SiH2]O[Si](C)(C)CCCO. The van der Waals surface area contributed by atoms with Crippen LogP contribution in [0.4, 0.5) is 0 Å². The lowest BCUT2D eigenvalue weighted by Gasteiger charge is -2.24. The lowest BCUT2D eigenvalue weighted by molar-refractivity contribution is 0.293. The van der Waals surface area contributed by atoms with Crippen molar-refractivity contribution in [1.82, 2.24) is 0 Å². The van der Waals surface area contributed by atoms with Gasteiger partial charge >= 0.3 is 0 Å². The number of aliphatic hydroxyl groups excluding tert-OH is 1. The van der Waals surface area contributed by atoms with Crippen LogP contribution in [0, 0.1) is 0 Å². The Labute approximate surface area is 120 Å². The first-order valence-electron chi connectivity index (χ1n) is 7.22. The Balaban J connectivity index is 3.61. The van der Waals surface area contributed by atoms with Crippen LogP contribution >= 0.6 is 0 Å². The highest BCUT2D eigenvalue weighted by Crippen LogP contribution is 2.17. The molecule has 18 heavy (non-hydrogen) atoms. The molecule has 0 amide bonds. The maximum Gasteiger partial charge on any atom is 0.173 e. The third-order valence-corrected chi connectivity index (χ3v) is 15.3. The molecule has 7 heteroatoms. The van der Waals surface area contributed by atoms with Crippen LogP contribution in [0.1, 0.15) is 12.8 Å². The van der Waals surface area contributed by atoms with Gasteiger partial charge in [0.1, 0.15) is 19.5 Å². The van der Waals surface area contributed by atoms with Gasteiger partial charge in [-0.2, -0.15) is 0 Å². The normalized spacial score (nSPS) is 14.3. The molecular formula is C11H32O3Si4. The van der Waals surface area contributed by atoms with Gasteiger partial charge in [0.2, 0.25) is 0 Å². The van der Waals surface area contributed by atoms with E-state index < -0.39 is 16.6 Å². The third-order valence-electron chi connectivity index (χ3n) is 3.14. The van der Waals surface area contributed by atoms with E-state index in [-0.39, 0.29) is 19.5 Å². The predicted molar refractivity (Wildman–Crippen MR) is 90.8 cm³/mol. The summed E-state index contributed by atoms with van der Waals surface area (Å²) in [6.45, 7) is 11.8. The fraction of sp³-hybridized carbons (Fsp3) is 1.00. The summed E-state index contributed by atoms with van der Waals surface area (Å²) < 4.78 is 12.1. The van der Waals surface area contributed by atoms with E-state index in [1.165, 1.54) is 18.5 Å². The van der Waals surface area contributed by atoms with Crippen molar-refractivity contribution in [3.63, 3.8) is 0 Å². The zero-order valence-electron chi connectivity index (χ0n) is 12.9. The number of hydrogen-bond donors (Lipinski definition) is 1. The topological polar surface area (TPSA) is 38.7 Å². The van der Waals surface area contributed by atoms with E-state index in [1.807, 2.05) is 0 Å². The van der Waals surface area contributed by atoms with E-state index in [0.717, 1.165) is 12.5 Å².